The van der Waals surface area contributed by atoms with Crippen molar-refractivity contribution in [2.45, 2.75) is 37.6 Å². The van der Waals surface area contributed by atoms with Gasteiger partial charge in [-0.3, -0.25) is 4.79 Å². The molecule has 0 aliphatic heterocycles. The van der Waals surface area contributed by atoms with Gasteiger partial charge in [0, 0.05) is 26.6 Å². The van der Waals surface area contributed by atoms with Gasteiger partial charge in [0.05, 0.1) is 17.2 Å². The van der Waals surface area contributed by atoms with Gasteiger partial charge < -0.3 is 15.8 Å². The van der Waals surface area contributed by atoms with Crippen LogP contribution in [0.25, 0.3) is 0 Å². The second-order valence-electron chi connectivity index (χ2n) is 5.44. The highest BCUT2D eigenvalue weighted by Crippen LogP contribution is 2.29. The third-order valence-electron chi connectivity index (χ3n) is 3.13. The second-order valence-corrected chi connectivity index (χ2v) is 7.59. The van der Waals surface area contributed by atoms with Gasteiger partial charge in [0.1, 0.15) is 5.75 Å². The number of sulfonamides is 1. The van der Waals surface area contributed by atoms with Crippen LogP contribution in [0.1, 0.15) is 26.7 Å². The highest BCUT2D eigenvalue weighted by atomic mass is 35.5. The lowest BCUT2D eigenvalue weighted by Gasteiger charge is -2.16. The van der Waals surface area contributed by atoms with E-state index >= 15 is 0 Å². The molecule has 24 heavy (non-hydrogen) atoms. The van der Waals surface area contributed by atoms with Crippen molar-refractivity contribution in [3.63, 3.8) is 0 Å². The van der Waals surface area contributed by atoms with Crippen molar-refractivity contribution in [1.29, 1.82) is 0 Å². The van der Waals surface area contributed by atoms with Crippen LogP contribution in [0.2, 0.25) is 0 Å². The molecule has 1 rings (SSSR count). The molecular formula is C15H26ClN3O4S. The van der Waals surface area contributed by atoms with Crippen molar-refractivity contribution in [1.82, 2.24) is 4.31 Å². The Morgan fingerprint density at radius 1 is 1.38 bits per heavy atom. The molecule has 1 unspecified atom stereocenters. The van der Waals surface area contributed by atoms with E-state index in [0.717, 1.165) is 4.31 Å². The van der Waals surface area contributed by atoms with E-state index < -0.39 is 10.0 Å². The molecule has 0 bridgehead atoms. The Labute approximate surface area is 150 Å². The first-order chi connectivity index (χ1) is 10.7. The number of anilines is 1. The number of rotatable bonds is 8. The first kappa shape index (κ1) is 22.6. The summed E-state index contributed by atoms with van der Waals surface area (Å²) in [6.07, 6.45) is 0.805. The minimum Gasteiger partial charge on any atom is -0.492 e. The fraction of sp³-hybridized carbons (Fsp3) is 0.533. The summed E-state index contributed by atoms with van der Waals surface area (Å²) in [7, 11) is -0.684. The summed E-state index contributed by atoms with van der Waals surface area (Å²) >= 11 is 0. The molecule has 1 aromatic carbocycles. The molecule has 1 aromatic rings. The highest BCUT2D eigenvalue weighted by Gasteiger charge is 2.20. The van der Waals surface area contributed by atoms with Gasteiger partial charge in [0.25, 0.3) is 0 Å². The maximum absolute atomic E-state index is 12.2. The molecule has 0 spiro atoms. The van der Waals surface area contributed by atoms with E-state index in [2.05, 4.69) is 5.32 Å². The van der Waals surface area contributed by atoms with Crippen LogP contribution in [0.4, 0.5) is 5.69 Å². The van der Waals surface area contributed by atoms with E-state index in [-0.39, 0.29) is 35.7 Å². The number of carbonyl (C=O) groups excluding carboxylic acids is 1. The zero-order valence-corrected chi connectivity index (χ0v) is 16.0. The van der Waals surface area contributed by atoms with Gasteiger partial charge in [-0.1, -0.05) is 0 Å². The Hall–Kier alpha value is -1.35. The van der Waals surface area contributed by atoms with Gasteiger partial charge in [-0.05, 0) is 38.5 Å². The first-order valence-electron chi connectivity index (χ1n) is 7.43. The van der Waals surface area contributed by atoms with Gasteiger partial charge in [-0.2, -0.15) is 0 Å². The molecule has 0 radical (unpaired) electrons. The zero-order chi connectivity index (χ0) is 17.6. The third-order valence-corrected chi connectivity index (χ3v) is 4.94. The van der Waals surface area contributed by atoms with E-state index in [9.17, 15) is 13.2 Å². The van der Waals surface area contributed by atoms with Crippen LogP contribution in [0, 0.1) is 0 Å². The number of hydrogen-bond acceptors (Lipinski definition) is 5. The molecule has 1 amide bonds. The molecule has 0 heterocycles. The summed E-state index contributed by atoms with van der Waals surface area (Å²) < 4.78 is 31.0. The Kier molecular flexibility index (Phi) is 9.27. The minimum absolute atomic E-state index is 0. The molecule has 0 saturated carbocycles. The van der Waals surface area contributed by atoms with Gasteiger partial charge in [-0.15, -0.1) is 12.4 Å². The minimum atomic E-state index is -3.59. The second kappa shape index (κ2) is 9.83. The van der Waals surface area contributed by atoms with Gasteiger partial charge in [0.15, 0.2) is 0 Å². The molecule has 0 aromatic heterocycles. The zero-order valence-electron chi connectivity index (χ0n) is 14.4. The lowest BCUT2D eigenvalue weighted by Crippen LogP contribution is -2.23. The van der Waals surface area contributed by atoms with Crippen molar-refractivity contribution in [2.75, 3.05) is 26.0 Å². The third kappa shape index (κ3) is 6.27. The summed E-state index contributed by atoms with van der Waals surface area (Å²) in [5.41, 5.74) is 5.97. The standard InChI is InChI=1S/C15H25N3O4S.ClH/c1-5-22-14-8-7-12(23(20,21)18(3)4)10-13(14)17-15(19)9-6-11(2)16;/h7-8,10-11H,5-6,9,16H2,1-4H3,(H,17,19);1H. The lowest BCUT2D eigenvalue weighted by molar-refractivity contribution is -0.116. The Balaban J connectivity index is 0.00000529. The monoisotopic (exact) mass is 379 g/mol. The lowest BCUT2D eigenvalue weighted by atomic mass is 10.2. The van der Waals surface area contributed by atoms with Crippen molar-refractivity contribution >= 4 is 34.0 Å². The maximum atomic E-state index is 12.2. The number of carbonyl (C=O) groups is 1. The molecule has 0 aliphatic carbocycles. The van der Waals surface area contributed by atoms with Crippen LogP contribution in [0.5, 0.6) is 5.75 Å². The number of benzene rings is 1. The number of hydrogen-bond donors (Lipinski definition) is 2. The van der Waals surface area contributed by atoms with E-state index in [0.29, 0.717) is 24.5 Å². The first-order valence-corrected chi connectivity index (χ1v) is 8.87. The largest absolute Gasteiger partial charge is 0.492 e. The van der Waals surface area contributed by atoms with Crippen molar-refractivity contribution in [3.8, 4) is 5.75 Å². The Bertz CT molecular complexity index is 648. The predicted octanol–water partition coefficient (Wildman–Crippen LogP) is 1.82. The van der Waals surface area contributed by atoms with Crippen LogP contribution in [-0.2, 0) is 14.8 Å². The van der Waals surface area contributed by atoms with Crippen LogP contribution in [0.15, 0.2) is 23.1 Å². The predicted molar refractivity (Wildman–Crippen MR) is 97.2 cm³/mol. The van der Waals surface area contributed by atoms with Crippen LogP contribution in [-0.4, -0.2) is 45.4 Å². The number of nitrogens with one attached hydrogen (secondary N) is 1. The SMILES string of the molecule is CCOc1ccc(S(=O)(=O)N(C)C)cc1NC(=O)CCC(C)N.Cl. The molecule has 3 N–H and O–H groups in total. The average molecular weight is 380 g/mol. The number of ether oxygens (including phenoxy) is 1. The number of amides is 1. The van der Waals surface area contributed by atoms with Crippen LogP contribution in [0.3, 0.4) is 0 Å². The highest BCUT2D eigenvalue weighted by molar-refractivity contribution is 7.89. The summed E-state index contributed by atoms with van der Waals surface area (Å²) in [5.74, 6) is 0.196. The summed E-state index contributed by atoms with van der Waals surface area (Å²) in [6.45, 7) is 4.04. The van der Waals surface area contributed by atoms with Crippen LogP contribution >= 0.6 is 12.4 Å². The van der Waals surface area contributed by atoms with Crippen molar-refractivity contribution in [2.24, 2.45) is 5.73 Å². The van der Waals surface area contributed by atoms with Crippen LogP contribution < -0.4 is 15.8 Å². The van der Waals surface area contributed by atoms with Gasteiger partial charge in [-0.25, -0.2) is 12.7 Å². The van der Waals surface area contributed by atoms with Gasteiger partial charge in [0.2, 0.25) is 15.9 Å². The van der Waals surface area contributed by atoms with E-state index in [1.807, 2.05) is 13.8 Å². The molecule has 0 aliphatic rings. The molecule has 1 atom stereocenters. The Morgan fingerprint density at radius 3 is 2.50 bits per heavy atom. The maximum Gasteiger partial charge on any atom is 0.242 e. The average Bonchev–Trinajstić information content (AvgIpc) is 2.46. The normalized spacial score (nSPS) is 12.4. The summed E-state index contributed by atoms with van der Waals surface area (Å²) in [6, 6.07) is 4.33. The molecule has 9 heteroatoms. The molecule has 138 valence electrons. The topological polar surface area (TPSA) is 102 Å². The van der Waals surface area contributed by atoms with Crippen molar-refractivity contribution < 1.29 is 17.9 Å². The Morgan fingerprint density at radius 2 is 2.00 bits per heavy atom. The quantitative estimate of drug-likeness (QED) is 0.717. The van der Waals surface area contributed by atoms with E-state index in [4.69, 9.17) is 10.5 Å². The summed E-state index contributed by atoms with van der Waals surface area (Å²) in [4.78, 5) is 12.1. The molecule has 0 fully saturated rings. The smallest absolute Gasteiger partial charge is 0.242 e. The fourth-order valence-electron chi connectivity index (χ4n) is 1.83. The van der Waals surface area contributed by atoms with E-state index in [1.54, 1.807) is 6.07 Å². The fourth-order valence-corrected chi connectivity index (χ4v) is 2.76. The van der Waals surface area contributed by atoms with E-state index in [1.165, 1.54) is 26.2 Å². The number of nitrogens with zero attached hydrogens (tertiary/aromatic N) is 1. The molecule has 7 nitrogen and oxygen atoms in total. The molecule has 0 saturated heterocycles. The number of halogens is 1. The summed E-state index contributed by atoms with van der Waals surface area (Å²) in [5, 5.41) is 2.70. The van der Waals surface area contributed by atoms with Crippen molar-refractivity contribution in [3.05, 3.63) is 18.2 Å². The molecular weight excluding hydrogens is 354 g/mol. The van der Waals surface area contributed by atoms with Gasteiger partial charge >= 0.3 is 0 Å². The number of nitrogens with two attached hydrogens (primary N) is 1.